The molecule has 22 heavy (non-hydrogen) atoms. The van der Waals surface area contributed by atoms with E-state index in [2.05, 4.69) is 18.2 Å². The molecule has 6 nitrogen and oxygen atoms in total. The Morgan fingerprint density at radius 3 is 2.73 bits per heavy atom. The highest BCUT2D eigenvalue weighted by Crippen LogP contribution is 2.27. The van der Waals surface area contributed by atoms with Crippen molar-refractivity contribution < 1.29 is 9.90 Å². The molecule has 0 saturated heterocycles. The molecule has 6 heteroatoms. The summed E-state index contributed by atoms with van der Waals surface area (Å²) in [6.45, 7) is 4.23. The van der Waals surface area contributed by atoms with E-state index >= 15 is 0 Å². The van der Waals surface area contributed by atoms with Crippen molar-refractivity contribution in [1.29, 1.82) is 5.26 Å². The summed E-state index contributed by atoms with van der Waals surface area (Å²) in [5, 5.41) is 21.8. The molecule has 1 aromatic carbocycles. The summed E-state index contributed by atoms with van der Waals surface area (Å²) < 4.78 is 0. The van der Waals surface area contributed by atoms with E-state index < -0.39 is 5.97 Å². The molecule has 2 rings (SSSR count). The van der Waals surface area contributed by atoms with E-state index in [9.17, 15) is 10.1 Å². The molecule has 0 saturated carbocycles. The van der Waals surface area contributed by atoms with E-state index in [1.165, 1.54) is 0 Å². The third-order valence-corrected chi connectivity index (χ3v) is 3.27. The highest BCUT2D eigenvalue weighted by Gasteiger charge is 2.28. The van der Waals surface area contributed by atoms with Gasteiger partial charge in [0.05, 0.1) is 11.4 Å². The number of carbonyl (C=O) groups is 1. The SMILES string of the molecule is C=CCC1=C(C#N)N(c2ccccc2)NN1CCCC(=O)O. The summed E-state index contributed by atoms with van der Waals surface area (Å²) in [7, 11) is 0. The standard InChI is InChI=1S/C16H18N4O2/c1-2-7-14-15(12-17)20(13-8-4-3-5-9-13)18-19(14)11-6-10-16(21)22/h2-5,8-9,18H,1,6-7,10-11H2,(H,21,22). The van der Waals surface area contributed by atoms with Crippen LogP contribution < -0.4 is 10.5 Å². The number of nitrogens with zero attached hydrogens (tertiary/aromatic N) is 3. The second-order valence-corrected chi connectivity index (χ2v) is 4.82. The molecule has 2 N–H and O–H groups in total. The maximum Gasteiger partial charge on any atom is 0.303 e. The average molecular weight is 298 g/mol. The first kappa shape index (κ1) is 15.6. The van der Waals surface area contributed by atoms with Crippen molar-refractivity contribution >= 4 is 11.7 Å². The molecule has 1 heterocycles. The van der Waals surface area contributed by atoms with Crippen molar-refractivity contribution in [3.05, 3.63) is 54.4 Å². The number of hydrogen-bond acceptors (Lipinski definition) is 5. The lowest BCUT2D eigenvalue weighted by Gasteiger charge is -2.24. The fourth-order valence-electron chi connectivity index (χ4n) is 2.28. The number of carboxylic acid groups (broad SMARTS) is 1. The van der Waals surface area contributed by atoms with Gasteiger partial charge in [-0.25, -0.2) is 5.01 Å². The van der Waals surface area contributed by atoms with Gasteiger partial charge in [-0.3, -0.25) is 9.80 Å². The van der Waals surface area contributed by atoms with Crippen LogP contribution in [-0.2, 0) is 4.79 Å². The molecule has 0 amide bonds. The van der Waals surface area contributed by atoms with Gasteiger partial charge in [0.2, 0.25) is 0 Å². The van der Waals surface area contributed by atoms with Gasteiger partial charge >= 0.3 is 5.97 Å². The van der Waals surface area contributed by atoms with E-state index in [0.717, 1.165) is 11.4 Å². The Bertz CT molecular complexity index is 619. The first-order valence-corrected chi connectivity index (χ1v) is 7.02. The lowest BCUT2D eigenvalue weighted by atomic mass is 10.2. The van der Waals surface area contributed by atoms with Crippen molar-refractivity contribution in [2.75, 3.05) is 11.6 Å². The van der Waals surface area contributed by atoms with E-state index in [4.69, 9.17) is 5.11 Å². The van der Waals surface area contributed by atoms with Crippen LogP contribution in [-0.4, -0.2) is 22.6 Å². The fourth-order valence-corrected chi connectivity index (χ4v) is 2.28. The van der Waals surface area contributed by atoms with Crippen LogP contribution in [0.3, 0.4) is 0 Å². The van der Waals surface area contributed by atoms with E-state index in [-0.39, 0.29) is 6.42 Å². The Balaban J connectivity index is 2.22. The molecule has 114 valence electrons. The van der Waals surface area contributed by atoms with Crippen molar-refractivity contribution in [3.63, 3.8) is 0 Å². The predicted octanol–water partition coefficient (Wildman–Crippen LogP) is 2.40. The number of allylic oxidation sites excluding steroid dienone is 2. The predicted molar refractivity (Wildman–Crippen MR) is 83.1 cm³/mol. The molecule has 1 aromatic rings. The molecule has 0 unspecified atom stereocenters. The maximum atomic E-state index is 10.7. The topological polar surface area (TPSA) is 79.6 Å². The molecular weight excluding hydrogens is 280 g/mol. The zero-order valence-electron chi connectivity index (χ0n) is 12.2. The minimum Gasteiger partial charge on any atom is -0.481 e. The second kappa shape index (κ2) is 7.29. The van der Waals surface area contributed by atoms with E-state index in [1.807, 2.05) is 35.3 Å². The normalized spacial score (nSPS) is 14.1. The first-order chi connectivity index (χ1) is 10.7. The molecule has 0 aromatic heterocycles. The highest BCUT2D eigenvalue weighted by molar-refractivity contribution is 5.66. The van der Waals surface area contributed by atoms with Crippen LogP contribution in [0.1, 0.15) is 19.3 Å². The Hall–Kier alpha value is -2.78. The average Bonchev–Trinajstić information content (AvgIpc) is 2.86. The van der Waals surface area contributed by atoms with Crippen molar-refractivity contribution in [3.8, 4) is 6.07 Å². The van der Waals surface area contributed by atoms with Crippen LogP contribution in [0.5, 0.6) is 0 Å². The van der Waals surface area contributed by atoms with Crippen LogP contribution in [0, 0.1) is 11.3 Å². The summed E-state index contributed by atoms with van der Waals surface area (Å²) in [6, 6.07) is 11.7. The monoisotopic (exact) mass is 298 g/mol. The molecular formula is C16H18N4O2. The van der Waals surface area contributed by atoms with Crippen LogP contribution >= 0.6 is 0 Å². The fraction of sp³-hybridized carbons (Fsp3) is 0.250. The van der Waals surface area contributed by atoms with Gasteiger partial charge in [-0.2, -0.15) is 5.26 Å². The number of nitrogens with one attached hydrogen (secondary N) is 1. The molecule has 0 bridgehead atoms. The van der Waals surface area contributed by atoms with Gasteiger partial charge in [-0.1, -0.05) is 24.3 Å². The lowest BCUT2D eigenvalue weighted by molar-refractivity contribution is -0.137. The summed E-state index contributed by atoms with van der Waals surface area (Å²) in [5.74, 6) is -0.825. The Kier molecular flexibility index (Phi) is 5.17. The summed E-state index contributed by atoms with van der Waals surface area (Å²) in [4.78, 5) is 10.7. The van der Waals surface area contributed by atoms with Crippen molar-refractivity contribution in [1.82, 2.24) is 10.5 Å². The number of rotatable bonds is 7. The third-order valence-electron chi connectivity index (χ3n) is 3.27. The van der Waals surface area contributed by atoms with Crippen LogP contribution in [0.2, 0.25) is 0 Å². The van der Waals surface area contributed by atoms with E-state index in [1.54, 1.807) is 11.1 Å². The zero-order chi connectivity index (χ0) is 15.9. The number of aliphatic carboxylic acids is 1. The molecule has 0 fully saturated rings. The minimum atomic E-state index is -0.825. The van der Waals surface area contributed by atoms with Gasteiger partial charge in [0.15, 0.2) is 5.70 Å². The number of hydrazine groups is 2. The number of carboxylic acids is 1. The summed E-state index contributed by atoms with van der Waals surface area (Å²) >= 11 is 0. The molecule has 1 aliphatic heterocycles. The Morgan fingerprint density at radius 1 is 1.41 bits per heavy atom. The van der Waals surface area contributed by atoms with Crippen molar-refractivity contribution in [2.45, 2.75) is 19.3 Å². The minimum absolute atomic E-state index is 0.0901. The Morgan fingerprint density at radius 2 is 2.14 bits per heavy atom. The van der Waals surface area contributed by atoms with Gasteiger partial charge in [0.25, 0.3) is 0 Å². The summed E-state index contributed by atoms with van der Waals surface area (Å²) in [5.41, 5.74) is 5.29. The smallest absolute Gasteiger partial charge is 0.303 e. The van der Waals surface area contributed by atoms with Gasteiger partial charge in [-0.05, 0) is 18.6 Å². The van der Waals surface area contributed by atoms with Gasteiger partial charge in [-0.15, -0.1) is 12.1 Å². The maximum absolute atomic E-state index is 10.7. The highest BCUT2D eigenvalue weighted by atomic mass is 16.4. The van der Waals surface area contributed by atoms with Gasteiger partial charge in [0, 0.05) is 19.4 Å². The third kappa shape index (κ3) is 3.45. The van der Waals surface area contributed by atoms with Gasteiger partial charge < -0.3 is 5.11 Å². The van der Waals surface area contributed by atoms with Crippen LogP contribution in [0.15, 0.2) is 54.4 Å². The quantitative estimate of drug-likeness (QED) is 0.753. The largest absolute Gasteiger partial charge is 0.481 e. The zero-order valence-corrected chi connectivity index (χ0v) is 12.2. The summed E-state index contributed by atoms with van der Waals surface area (Å²) in [6.07, 6.45) is 2.84. The molecule has 0 aliphatic carbocycles. The van der Waals surface area contributed by atoms with E-state index in [0.29, 0.717) is 25.1 Å². The molecule has 1 aliphatic rings. The van der Waals surface area contributed by atoms with Crippen molar-refractivity contribution in [2.24, 2.45) is 0 Å². The molecule has 0 radical (unpaired) electrons. The number of benzene rings is 1. The van der Waals surface area contributed by atoms with Crippen LogP contribution in [0.4, 0.5) is 5.69 Å². The number of hydrogen-bond donors (Lipinski definition) is 2. The molecule has 0 spiro atoms. The number of nitriles is 1. The van der Waals surface area contributed by atoms with Crippen LogP contribution in [0.25, 0.3) is 0 Å². The van der Waals surface area contributed by atoms with Gasteiger partial charge in [0.1, 0.15) is 6.07 Å². The number of anilines is 1. The molecule has 0 atom stereocenters. The lowest BCUT2D eigenvalue weighted by Crippen LogP contribution is -2.42. The second-order valence-electron chi connectivity index (χ2n) is 4.82. The number of para-hydroxylation sites is 1. The Labute approximate surface area is 129 Å². The first-order valence-electron chi connectivity index (χ1n) is 7.02.